The van der Waals surface area contributed by atoms with Gasteiger partial charge in [-0.2, -0.15) is 18.6 Å². The van der Waals surface area contributed by atoms with Gasteiger partial charge in [-0.1, -0.05) is 37.3 Å². The van der Waals surface area contributed by atoms with Gasteiger partial charge in [0.15, 0.2) is 5.69 Å². The van der Waals surface area contributed by atoms with Gasteiger partial charge in [-0.15, -0.1) is 0 Å². The minimum Gasteiger partial charge on any atom is -0.364 e. The Morgan fingerprint density at radius 3 is 2.47 bits per heavy atom. The first-order valence-corrected chi connectivity index (χ1v) is 9.58. The van der Waals surface area contributed by atoms with Crippen molar-refractivity contribution in [3.05, 3.63) is 92.9 Å². The normalized spacial score (nSPS) is 12.6. The van der Waals surface area contributed by atoms with Crippen molar-refractivity contribution in [2.75, 3.05) is 13.6 Å². The summed E-state index contributed by atoms with van der Waals surface area (Å²) < 4.78 is 58.6. The van der Waals surface area contributed by atoms with Crippen LogP contribution < -0.4 is 16.6 Å². The van der Waals surface area contributed by atoms with Crippen molar-refractivity contribution < 1.29 is 22.4 Å². The molecule has 0 bridgehead atoms. The molecule has 0 unspecified atom stereocenters. The van der Waals surface area contributed by atoms with Crippen LogP contribution in [0.1, 0.15) is 40.0 Å². The lowest BCUT2D eigenvalue weighted by atomic mass is 9.89. The molecule has 1 heterocycles. The number of primary amides is 1. The van der Waals surface area contributed by atoms with Gasteiger partial charge in [0.1, 0.15) is 17.3 Å². The van der Waals surface area contributed by atoms with E-state index in [0.29, 0.717) is 4.68 Å². The van der Waals surface area contributed by atoms with Gasteiger partial charge >= 0.3 is 0 Å². The number of hydrogen-bond acceptors (Lipinski definition) is 4. The Morgan fingerprint density at radius 2 is 1.84 bits per heavy atom. The molecule has 0 fully saturated rings. The van der Waals surface area contributed by atoms with E-state index in [0.717, 1.165) is 18.2 Å². The van der Waals surface area contributed by atoms with E-state index in [-0.39, 0.29) is 16.8 Å². The molecule has 0 aliphatic carbocycles. The van der Waals surface area contributed by atoms with Crippen LogP contribution in [0.4, 0.5) is 17.6 Å². The number of benzene rings is 2. The van der Waals surface area contributed by atoms with Crippen molar-refractivity contribution >= 4 is 5.91 Å². The maximum atomic E-state index is 15.1. The number of hydrogen-bond donors (Lipinski definition) is 2. The highest BCUT2D eigenvalue weighted by Gasteiger charge is 2.35. The molecule has 6 nitrogen and oxygen atoms in total. The Hall–Kier alpha value is -3.53. The van der Waals surface area contributed by atoms with Crippen LogP contribution in [0.5, 0.6) is 0 Å². The lowest BCUT2D eigenvalue weighted by Crippen LogP contribution is -2.30. The molecule has 1 atom stereocenters. The van der Waals surface area contributed by atoms with Crippen LogP contribution >= 0.6 is 0 Å². The van der Waals surface area contributed by atoms with E-state index in [4.69, 9.17) is 5.73 Å². The molecule has 3 aromatic rings. The Labute approximate surface area is 180 Å². The summed E-state index contributed by atoms with van der Waals surface area (Å²) in [5, 5.41) is 6.20. The van der Waals surface area contributed by atoms with Crippen molar-refractivity contribution in [2.45, 2.75) is 18.8 Å². The summed E-state index contributed by atoms with van der Waals surface area (Å²) in [5.41, 5.74) is 2.91. The topological polar surface area (TPSA) is 90.0 Å². The van der Waals surface area contributed by atoms with E-state index in [1.807, 2.05) is 0 Å². The van der Waals surface area contributed by atoms with Crippen molar-refractivity contribution in [1.29, 1.82) is 0 Å². The first-order valence-electron chi connectivity index (χ1n) is 9.58. The van der Waals surface area contributed by atoms with E-state index in [1.54, 1.807) is 0 Å². The van der Waals surface area contributed by atoms with Crippen LogP contribution in [0.3, 0.4) is 0 Å². The summed E-state index contributed by atoms with van der Waals surface area (Å²) in [4.78, 5) is 24.7. The number of nitrogens with one attached hydrogen (secondary N) is 1. The van der Waals surface area contributed by atoms with E-state index in [1.165, 1.54) is 44.3 Å². The number of nitrogens with two attached hydrogens (primary N) is 1. The molecule has 2 aromatic carbocycles. The van der Waals surface area contributed by atoms with Gasteiger partial charge in [-0.3, -0.25) is 9.59 Å². The number of rotatable bonds is 7. The zero-order valence-electron chi connectivity index (χ0n) is 17.2. The average Bonchev–Trinajstić information content (AvgIpc) is 2.73. The van der Waals surface area contributed by atoms with Crippen molar-refractivity contribution in [3.63, 3.8) is 0 Å². The van der Waals surface area contributed by atoms with Gasteiger partial charge in [0, 0.05) is 12.0 Å². The van der Waals surface area contributed by atoms with Crippen molar-refractivity contribution in [1.82, 2.24) is 15.1 Å². The van der Waals surface area contributed by atoms with Crippen LogP contribution in [-0.4, -0.2) is 29.3 Å². The summed E-state index contributed by atoms with van der Waals surface area (Å²) in [6, 6.07) is 9.74. The van der Waals surface area contributed by atoms with Crippen molar-refractivity contribution in [3.8, 4) is 5.69 Å². The molecular formula is C22H20F4N4O2. The second kappa shape index (κ2) is 8.91. The Balaban J connectivity index is 2.17. The maximum absolute atomic E-state index is 15.1. The van der Waals surface area contributed by atoms with Gasteiger partial charge in [-0.05, 0) is 30.3 Å². The Kier molecular flexibility index (Phi) is 6.45. The molecule has 3 rings (SSSR count). The first-order chi connectivity index (χ1) is 15.1. The van der Waals surface area contributed by atoms with Gasteiger partial charge in [0.25, 0.3) is 17.4 Å². The fourth-order valence-electron chi connectivity index (χ4n) is 3.44. The molecule has 0 aliphatic heterocycles. The van der Waals surface area contributed by atoms with Crippen molar-refractivity contribution in [2.24, 2.45) is 5.73 Å². The van der Waals surface area contributed by atoms with Gasteiger partial charge < -0.3 is 11.1 Å². The largest absolute Gasteiger partial charge is 0.364 e. The van der Waals surface area contributed by atoms with E-state index >= 15 is 4.39 Å². The number of alkyl halides is 2. The molecule has 1 aromatic heterocycles. The summed E-state index contributed by atoms with van der Waals surface area (Å²) in [7, 11) is 1.31. The summed E-state index contributed by atoms with van der Waals surface area (Å²) in [5.74, 6) is -7.50. The smallest absolute Gasteiger partial charge is 0.288 e. The van der Waals surface area contributed by atoms with Crippen LogP contribution in [0.25, 0.3) is 5.69 Å². The number of carbonyl (C=O) groups is 1. The third kappa shape index (κ3) is 4.26. The Bertz CT molecular complexity index is 1230. The number of likely N-dealkylation sites (N-methyl/N-ethyl adjacent to an activating group) is 1. The number of nitrogens with zero attached hydrogens (tertiary/aromatic N) is 2. The molecule has 0 aliphatic rings. The number of amides is 1. The monoisotopic (exact) mass is 448 g/mol. The summed E-state index contributed by atoms with van der Waals surface area (Å²) in [6.45, 7) is 0.642. The third-order valence-electron chi connectivity index (χ3n) is 5.03. The highest BCUT2D eigenvalue weighted by Crippen LogP contribution is 2.35. The maximum Gasteiger partial charge on any atom is 0.288 e. The lowest BCUT2D eigenvalue weighted by Gasteiger charge is -2.21. The van der Waals surface area contributed by atoms with E-state index < -0.39 is 52.7 Å². The first kappa shape index (κ1) is 23.1. The SMILES string of the molecule is CNCC(F)(F)c1cccc([C@H](C)c2cc(=O)n(-c3ccccc3F)nc2C(N)=O)c1F. The fourth-order valence-corrected chi connectivity index (χ4v) is 3.44. The average molecular weight is 448 g/mol. The molecular weight excluding hydrogens is 428 g/mol. The quantitative estimate of drug-likeness (QED) is 0.544. The standard InChI is InChI=1S/C22H20F4N4O2/c1-12(13-6-5-7-15(19(13)24)22(25,26)11-28-2)14-10-18(31)30(29-20(14)21(27)32)17-9-4-3-8-16(17)23/h3-10,12,28H,11H2,1-2H3,(H2,27,32)/t12-/m0/s1. The van der Waals surface area contributed by atoms with Crippen LogP contribution in [0.2, 0.25) is 0 Å². The zero-order valence-corrected chi connectivity index (χ0v) is 17.2. The van der Waals surface area contributed by atoms with Gasteiger partial charge in [0.2, 0.25) is 0 Å². The summed E-state index contributed by atoms with van der Waals surface area (Å²) >= 11 is 0. The summed E-state index contributed by atoms with van der Waals surface area (Å²) in [6.07, 6.45) is 0. The minimum atomic E-state index is -3.49. The molecule has 10 heteroatoms. The Morgan fingerprint density at radius 1 is 1.16 bits per heavy atom. The van der Waals surface area contributed by atoms with E-state index in [2.05, 4.69) is 10.4 Å². The number of carbonyl (C=O) groups excluding carboxylic acids is 1. The molecule has 3 N–H and O–H groups in total. The molecule has 0 spiro atoms. The molecule has 168 valence electrons. The second-order valence-electron chi connectivity index (χ2n) is 7.18. The predicted octanol–water partition coefficient (Wildman–Crippen LogP) is 3.07. The third-order valence-corrected chi connectivity index (χ3v) is 5.03. The van der Waals surface area contributed by atoms with E-state index in [9.17, 15) is 22.8 Å². The molecule has 32 heavy (non-hydrogen) atoms. The highest BCUT2D eigenvalue weighted by atomic mass is 19.3. The fraction of sp³-hybridized carbons (Fsp3) is 0.227. The van der Waals surface area contributed by atoms with Gasteiger partial charge in [-0.25, -0.2) is 8.78 Å². The molecule has 1 amide bonds. The van der Waals surface area contributed by atoms with Gasteiger partial charge in [0.05, 0.1) is 12.1 Å². The minimum absolute atomic E-state index is 0.0666. The number of para-hydroxylation sites is 1. The molecule has 0 saturated heterocycles. The molecule has 0 saturated carbocycles. The second-order valence-corrected chi connectivity index (χ2v) is 7.18. The lowest BCUT2D eigenvalue weighted by molar-refractivity contribution is -0.00488. The van der Waals surface area contributed by atoms with Crippen LogP contribution in [-0.2, 0) is 5.92 Å². The number of aromatic nitrogens is 2. The van der Waals surface area contributed by atoms with Crippen LogP contribution in [0.15, 0.2) is 53.3 Å². The number of halogens is 4. The zero-order chi connectivity index (χ0) is 23.6. The predicted molar refractivity (Wildman–Crippen MR) is 110 cm³/mol. The highest BCUT2D eigenvalue weighted by molar-refractivity contribution is 5.92. The van der Waals surface area contributed by atoms with Crippen LogP contribution in [0, 0.1) is 11.6 Å². The molecule has 0 radical (unpaired) electrons.